The van der Waals surface area contributed by atoms with Crippen LogP contribution in [-0.2, 0) is 0 Å². The SMILES string of the molecule is C/C=C\C(=C/C)c1cc(-c2ccccc2)nc(-c2ccc(C)cc2)n1. The molecule has 1 heterocycles. The van der Waals surface area contributed by atoms with Crippen molar-refractivity contribution in [3.63, 3.8) is 0 Å². The van der Waals surface area contributed by atoms with Crippen molar-refractivity contribution in [1.29, 1.82) is 0 Å². The van der Waals surface area contributed by atoms with Gasteiger partial charge in [0.25, 0.3) is 0 Å². The lowest BCUT2D eigenvalue weighted by atomic mass is 10.1. The molecule has 0 amide bonds. The minimum Gasteiger partial charge on any atom is -0.228 e. The lowest BCUT2D eigenvalue weighted by molar-refractivity contribution is 1.15. The second kappa shape index (κ2) is 7.71. The van der Waals surface area contributed by atoms with Crippen LogP contribution in [0.25, 0.3) is 28.2 Å². The Kier molecular flexibility index (Phi) is 5.20. The van der Waals surface area contributed by atoms with E-state index >= 15 is 0 Å². The number of hydrogen-bond donors (Lipinski definition) is 0. The van der Waals surface area contributed by atoms with Crippen LogP contribution in [0.4, 0.5) is 0 Å². The maximum Gasteiger partial charge on any atom is 0.160 e. The lowest BCUT2D eigenvalue weighted by Crippen LogP contribution is -1.97. The second-order valence-electron chi connectivity index (χ2n) is 5.94. The molecule has 2 nitrogen and oxygen atoms in total. The number of aromatic nitrogens is 2. The Labute approximate surface area is 149 Å². The Morgan fingerprint density at radius 2 is 1.56 bits per heavy atom. The van der Waals surface area contributed by atoms with E-state index in [4.69, 9.17) is 9.97 Å². The number of aryl methyl sites for hydroxylation is 1. The van der Waals surface area contributed by atoms with Crippen molar-refractivity contribution in [2.24, 2.45) is 0 Å². The van der Waals surface area contributed by atoms with Crippen molar-refractivity contribution in [3.05, 3.63) is 90.1 Å². The summed E-state index contributed by atoms with van der Waals surface area (Å²) in [6, 6.07) is 20.6. The van der Waals surface area contributed by atoms with Gasteiger partial charge in [-0.1, -0.05) is 78.4 Å². The zero-order chi connectivity index (χ0) is 17.6. The molecule has 0 spiro atoms. The highest BCUT2D eigenvalue weighted by atomic mass is 14.9. The van der Waals surface area contributed by atoms with Gasteiger partial charge in [-0.05, 0) is 32.4 Å². The third-order valence-electron chi connectivity index (χ3n) is 4.06. The van der Waals surface area contributed by atoms with Gasteiger partial charge >= 0.3 is 0 Å². The third-order valence-corrected chi connectivity index (χ3v) is 4.06. The Bertz CT molecular complexity index is 905. The summed E-state index contributed by atoms with van der Waals surface area (Å²) in [5, 5.41) is 0. The maximum atomic E-state index is 4.82. The van der Waals surface area contributed by atoms with Crippen molar-refractivity contribution in [2.75, 3.05) is 0 Å². The fraction of sp³-hybridized carbons (Fsp3) is 0.130. The summed E-state index contributed by atoms with van der Waals surface area (Å²) < 4.78 is 0. The van der Waals surface area contributed by atoms with Crippen LogP contribution in [0, 0.1) is 6.92 Å². The van der Waals surface area contributed by atoms with E-state index in [9.17, 15) is 0 Å². The second-order valence-corrected chi connectivity index (χ2v) is 5.94. The largest absolute Gasteiger partial charge is 0.228 e. The first-order valence-electron chi connectivity index (χ1n) is 8.52. The zero-order valence-corrected chi connectivity index (χ0v) is 14.9. The smallest absolute Gasteiger partial charge is 0.160 e. The van der Waals surface area contributed by atoms with E-state index in [0.717, 1.165) is 33.9 Å². The molecule has 0 aliphatic rings. The van der Waals surface area contributed by atoms with Gasteiger partial charge in [0.15, 0.2) is 5.82 Å². The Morgan fingerprint density at radius 1 is 0.840 bits per heavy atom. The highest BCUT2D eigenvalue weighted by Crippen LogP contribution is 2.26. The van der Waals surface area contributed by atoms with Gasteiger partial charge in [-0.2, -0.15) is 0 Å². The van der Waals surface area contributed by atoms with Gasteiger partial charge in [0.1, 0.15) is 0 Å². The van der Waals surface area contributed by atoms with Crippen molar-refractivity contribution < 1.29 is 0 Å². The molecule has 2 aromatic carbocycles. The van der Waals surface area contributed by atoms with Crippen LogP contribution in [0.5, 0.6) is 0 Å². The van der Waals surface area contributed by atoms with E-state index in [1.54, 1.807) is 0 Å². The molecule has 124 valence electrons. The van der Waals surface area contributed by atoms with Crippen LogP contribution >= 0.6 is 0 Å². The van der Waals surface area contributed by atoms with E-state index in [0.29, 0.717) is 0 Å². The van der Waals surface area contributed by atoms with Gasteiger partial charge in [0.05, 0.1) is 11.4 Å². The van der Waals surface area contributed by atoms with Gasteiger partial charge in [0.2, 0.25) is 0 Å². The molecule has 0 radical (unpaired) electrons. The first kappa shape index (κ1) is 16.8. The fourth-order valence-electron chi connectivity index (χ4n) is 2.69. The maximum absolute atomic E-state index is 4.82. The molecule has 0 bridgehead atoms. The Hall–Kier alpha value is -3.00. The lowest BCUT2D eigenvalue weighted by Gasteiger charge is -2.10. The van der Waals surface area contributed by atoms with Crippen molar-refractivity contribution in [1.82, 2.24) is 9.97 Å². The molecule has 2 heteroatoms. The predicted molar refractivity (Wildman–Crippen MR) is 106 cm³/mol. The zero-order valence-electron chi connectivity index (χ0n) is 14.9. The molecule has 3 rings (SSSR count). The van der Waals surface area contributed by atoms with E-state index in [1.165, 1.54) is 5.56 Å². The van der Waals surface area contributed by atoms with Gasteiger partial charge in [-0.25, -0.2) is 9.97 Å². The molecule has 0 saturated carbocycles. The average Bonchev–Trinajstić information content (AvgIpc) is 2.67. The molecule has 1 aromatic heterocycles. The minimum atomic E-state index is 0.750. The molecule has 25 heavy (non-hydrogen) atoms. The predicted octanol–water partition coefficient (Wildman–Crippen LogP) is 6.10. The summed E-state index contributed by atoms with van der Waals surface area (Å²) in [4.78, 5) is 9.64. The molecule has 0 atom stereocenters. The molecular formula is C23H22N2. The van der Waals surface area contributed by atoms with Crippen LogP contribution < -0.4 is 0 Å². The van der Waals surface area contributed by atoms with Crippen molar-refractivity contribution in [2.45, 2.75) is 20.8 Å². The quantitative estimate of drug-likeness (QED) is 0.541. The first-order valence-corrected chi connectivity index (χ1v) is 8.52. The van der Waals surface area contributed by atoms with Crippen molar-refractivity contribution >= 4 is 5.57 Å². The molecular weight excluding hydrogens is 304 g/mol. The summed E-state index contributed by atoms with van der Waals surface area (Å²) in [6.45, 7) is 6.13. The molecule has 0 fully saturated rings. The summed E-state index contributed by atoms with van der Waals surface area (Å²) >= 11 is 0. The third kappa shape index (κ3) is 3.92. The highest BCUT2D eigenvalue weighted by molar-refractivity contribution is 5.76. The van der Waals surface area contributed by atoms with E-state index in [1.807, 2.05) is 38.1 Å². The van der Waals surface area contributed by atoms with Crippen LogP contribution in [0.3, 0.4) is 0 Å². The van der Waals surface area contributed by atoms with Gasteiger partial charge in [0, 0.05) is 11.1 Å². The number of benzene rings is 2. The molecule has 0 aliphatic carbocycles. The molecule has 3 aromatic rings. The monoisotopic (exact) mass is 326 g/mol. The molecule has 0 aliphatic heterocycles. The first-order chi connectivity index (χ1) is 12.2. The van der Waals surface area contributed by atoms with Gasteiger partial charge < -0.3 is 0 Å². The number of allylic oxidation sites excluding steroid dienone is 4. The summed E-state index contributed by atoms with van der Waals surface area (Å²) in [5.74, 6) is 0.750. The fourth-order valence-corrected chi connectivity index (χ4v) is 2.69. The summed E-state index contributed by atoms with van der Waals surface area (Å²) in [6.07, 6.45) is 6.19. The normalized spacial score (nSPS) is 11.9. The minimum absolute atomic E-state index is 0.750. The van der Waals surface area contributed by atoms with Crippen molar-refractivity contribution in [3.8, 4) is 22.6 Å². The molecule has 0 N–H and O–H groups in total. The number of rotatable bonds is 4. The van der Waals surface area contributed by atoms with E-state index < -0.39 is 0 Å². The Morgan fingerprint density at radius 3 is 2.20 bits per heavy atom. The molecule has 0 saturated heterocycles. The van der Waals surface area contributed by atoms with Gasteiger partial charge in [-0.15, -0.1) is 0 Å². The highest BCUT2D eigenvalue weighted by Gasteiger charge is 2.10. The summed E-state index contributed by atoms with van der Waals surface area (Å²) in [5.41, 5.74) is 6.31. The van der Waals surface area contributed by atoms with Crippen LogP contribution in [0.1, 0.15) is 25.1 Å². The van der Waals surface area contributed by atoms with Crippen LogP contribution in [0.2, 0.25) is 0 Å². The number of nitrogens with zero attached hydrogens (tertiary/aromatic N) is 2. The van der Waals surface area contributed by atoms with E-state index in [2.05, 4.69) is 61.5 Å². The average molecular weight is 326 g/mol. The van der Waals surface area contributed by atoms with Gasteiger partial charge in [-0.3, -0.25) is 0 Å². The van der Waals surface area contributed by atoms with Crippen LogP contribution in [0.15, 0.2) is 78.9 Å². The van der Waals surface area contributed by atoms with E-state index in [-0.39, 0.29) is 0 Å². The van der Waals surface area contributed by atoms with Crippen LogP contribution in [-0.4, -0.2) is 9.97 Å². The Balaban J connectivity index is 2.19. The topological polar surface area (TPSA) is 25.8 Å². The standard InChI is InChI=1S/C23H22N2/c1-4-9-18(5-2)21-16-22(19-10-7-6-8-11-19)25-23(24-21)20-14-12-17(3)13-15-20/h4-16H,1-3H3/b9-4-,18-5+. The molecule has 0 unspecified atom stereocenters. The number of hydrogen-bond acceptors (Lipinski definition) is 2. The summed E-state index contributed by atoms with van der Waals surface area (Å²) in [7, 11) is 0.